The molecule has 0 radical (unpaired) electrons. The van der Waals surface area contributed by atoms with E-state index in [0.29, 0.717) is 10.8 Å². The normalized spacial score (nSPS) is 12.9. The minimum Gasteiger partial charge on any atom is -0.493 e. The number of rotatable bonds is 7. The molecule has 0 aliphatic heterocycles. The van der Waals surface area contributed by atoms with E-state index >= 15 is 0 Å². The molecule has 2 heterocycles. The van der Waals surface area contributed by atoms with Crippen molar-refractivity contribution in [2.45, 2.75) is 45.2 Å². The van der Waals surface area contributed by atoms with E-state index in [9.17, 15) is 13.2 Å². The standard InChI is InChI=1S/C22H22F3N3OS/c1-2-3-4-11-29-18-7-6-15(12-17(18)22(23,24)25)27-21-28-20-16-9-10-26-13-14(16)5-8-19(20)30-21/h6-7,9-10,12-13H,2-5,8,11H2,1H3,(H,27,28). The molecular formula is C22H22F3N3OS. The third-order valence-electron chi connectivity index (χ3n) is 5.02. The number of pyridine rings is 1. The number of ether oxygens (including phenoxy) is 1. The maximum Gasteiger partial charge on any atom is 0.420 e. The van der Waals surface area contributed by atoms with Gasteiger partial charge >= 0.3 is 6.18 Å². The lowest BCUT2D eigenvalue weighted by Gasteiger charge is -2.15. The molecular weight excluding hydrogens is 411 g/mol. The molecule has 1 aliphatic rings. The van der Waals surface area contributed by atoms with E-state index < -0.39 is 11.7 Å². The number of halogens is 3. The van der Waals surface area contributed by atoms with Gasteiger partial charge in [-0.2, -0.15) is 13.2 Å². The average molecular weight is 433 g/mol. The monoisotopic (exact) mass is 433 g/mol. The molecule has 4 nitrogen and oxygen atoms in total. The van der Waals surface area contributed by atoms with Crippen LogP contribution < -0.4 is 10.1 Å². The van der Waals surface area contributed by atoms with Crippen molar-refractivity contribution in [2.24, 2.45) is 0 Å². The second-order valence-electron chi connectivity index (χ2n) is 7.21. The Hall–Kier alpha value is -2.61. The number of anilines is 2. The molecule has 0 atom stereocenters. The number of aryl methyl sites for hydroxylation is 2. The van der Waals surface area contributed by atoms with Crippen molar-refractivity contribution >= 4 is 22.2 Å². The second-order valence-corrected chi connectivity index (χ2v) is 8.30. The van der Waals surface area contributed by atoms with Crippen LogP contribution in [0.5, 0.6) is 5.75 Å². The number of unbranched alkanes of at least 4 members (excludes halogenated alkanes) is 2. The quantitative estimate of drug-likeness (QED) is 0.425. The summed E-state index contributed by atoms with van der Waals surface area (Å²) in [5.41, 5.74) is 2.64. The Morgan fingerprint density at radius 3 is 2.83 bits per heavy atom. The van der Waals surface area contributed by atoms with Gasteiger partial charge in [-0.1, -0.05) is 19.8 Å². The zero-order valence-corrected chi connectivity index (χ0v) is 17.4. The summed E-state index contributed by atoms with van der Waals surface area (Å²) in [5, 5.41) is 3.62. The highest BCUT2D eigenvalue weighted by atomic mass is 32.1. The van der Waals surface area contributed by atoms with Crippen LogP contribution in [0, 0.1) is 0 Å². The van der Waals surface area contributed by atoms with Crippen LogP contribution in [0.15, 0.2) is 36.7 Å². The van der Waals surface area contributed by atoms with E-state index in [1.54, 1.807) is 12.3 Å². The minimum absolute atomic E-state index is 0.135. The molecule has 0 saturated heterocycles. The first-order chi connectivity index (χ1) is 14.5. The molecule has 1 aromatic carbocycles. The number of fused-ring (bicyclic) bond motifs is 3. The summed E-state index contributed by atoms with van der Waals surface area (Å²) in [6, 6.07) is 6.00. The maximum absolute atomic E-state index is 13.6. The van der Waals surface area contributed by atoms with Crippen molar-refractivity contribution < 1.29 is 17.9 Å². The zero-order valence-electron chi connectivity index (χ0n) is 16.6. The lowest BCUT2D eigenvalue weighted by atomic mass is 9.96. The zero-order chi connectivity index (χ0) is 21.1. The number of alkyl halides is 3. The number of nitrogens with one attached hydrogen (secondary N) is 1. The van der Waals surface area contributed by atoms with Crippen LogP contribution in [0.3, 0.4) is 0 Å². The van der Waals surface area contributed by atoms with Crippen LogP contribution >= 0.6 is 11.3 Å². The molecule has 0 fully saturated rings. The van der Waals surface area contributed by atoms with Gasteiger partial charge in [-0.15, -0.1) is 11.3 Å². The Balaban J connectivity index is 1.56. The fraction of sp³-hybridized carbons (Fsp3) is 0.364. The van der Waals surface area contributed by atoms with E-state index in [4.69, 9.17) is 4.74 Å². The summed E-state index contributed by atoms with van der Waals surface area (Å²) in [6.45, 7) is 2.31. The second kappa shape index (κ2) is 8.63. The molecule has 0 saturated carbocycles. The van der Waals surface area contributed by atoms with Gasteiger partial charge in [0.1, 0.15) is 5.75 Å². The molecule has 1 N–H and O–H groups in total. The van der Waals surface area contributed by atoms with Gasteiger partial charge in [-0.3, -0.25) is 4.98 Å². The smallest absolute Gasteiger partial charge is 0.420 e. The number of benzene rings is 1. The third-order valence-corrected chi connectivity index (χ3v) is 6.05. The first-order valence-corrected chi connectivity index (χ1v) is 10.8. The van der Waals surface area contributed by atoms with E-state index in [1.807, 2.05) is 19.2 Å². The van der Waals surface area contributed by atoms with E-state index in [2.05, 4.69) is 15.3 Å². The van der Waals surface area contributed by atoms with Gasteiger partial charge in [0.25, 0.3) is 0 Å². The molecule has 0 unspecified atom stereocenters. The molecule has 30 heavy (non-hydrogen) atoms. The fourth-order valence-electron chi connectivity index (χ4n) is 3.50. The molecule has 0 amide bonds. The van der Waals surface area contributed by atoms with Crippen molar-refractivity contribution in [3.05, 3.63) is 52.7 Å². The largest absolute Gasteiger partial charge is 0.493 e. The molecule has 0 bridgehead atoms. The van der Waals surface area contributed by atoms with Crippen LogP contribution in [0.25, 0.3) is 11.3 Å². The van der Waals surface area contributed by atoms with Gasteiger partial charge in [0, 0.05) is 28.5 Å². The molecule has 8 heteroatoms. The summed E-state index contributed by atoms with van der Waals surface area (Å²) in [5.74, 6) is -0.135. The van der Waals surface area contributed by atoms with Crippen molar-refractivity contribution in [2.75, 3.05) is 11.9 Å². The summed E-state index contributed by atoms with van der Waals surface area (Å²) in [7, 11) is 0. The van der Waals surface area contributed by atoms with E-state index in [1.165, 1.54) is 17.4 Å². The Kier molecular flexibility index (Phi) is 5.94. The van der Waals surface area contributed by atoms with Gasteiger partial charge in [-0.25, -0.2) is 4.98 Å². The molecule has 3 aromatic rings. The van der Waals surface area contributed by atoms with Crippen LogP contribution in [0.2, 0.25) is 0 Å². The van der Waals surface area contributed by atoms with Gasteiger partial charge < -0.3 is 10.1 Å². The highest BCUT2D eigenvalue weighted by Gasteiger charge is 2.35. The van der Waals surface area contributed by atoms with Gasteiger partial charge in [-0.05, 0) is 49.1 Å². The fourth-order valence-corrected chi connectivity index (χ4v) is 4.50. The number of thiazole rings is 1. The summed E-state index contributed by atoms with van der Waals surface area (Å²) in [4.78, 5) is 9.93. The Labute approximate surface area is 177 Å². The van der Waals surface area contributed by atoms with E-state index in [0.717, 1.165) is 59.9 Å². The minimum atomic E-state index is -4.49. The highest BCUT2D eigenvalue weighted by molar-refractivity contribution is 7.16. The molecule has 0 spiro atoms. The summed E-state index contributed by atoms with van der Waals surface area (Å²) in [6.07, 6.45) is 3.47. The molecule has 4 rings (SSSR count). The third kappa shape index (κ3) is 4.43. The first kappa shape index (κ1) is 20.7. The first-order valence-electron chi connectivity index (χ1n) is 9.99. The summed E-state index contributed by atoms with van der Waals surface area (Å²) < 4.78 is 46.1. The van der Waals surface area contributed by atoms with Gasteiger partial charge in [0.2, 0.25) is 0 Å². The number of hydrogen-bond donors (Lipinski definition) is 1. The van der Waals surface area contributed by atoms with Crippen LogP contribution in [-0.2, 0) is 19.0 Å². The number of hydrogen-bond acceptors (Lipinski definition) is 5. The Bertz CT molecular complexity index is 1030. The van der Waals surface area contributed by atoms with E-state index in [-0.39, 0.29) is 12.4 Å². The lowest BCUT2D eigenvalue weighted by Crippen LogP contribution is -2.10. The molecule has 1 aliphatic carbocycles. The Morgan fingerprint density at radius 2 is 2.03 bits per heavy atom. The molecule has 2 aromatic heterocycles. The summed E-state index contributed by atoms with van der Waals surface area (Å²) >= 11 is 1.48. The number of aromatic nitrogens is 2. The van der Waals surface area contributed by atoms with Crippen molar-refractivity contribution in [1.29, 1.82) is 0 Å². The molecule has 158 valence electrons. The maximum atomic E-state index is 13.6. The predicted octanol–water partition coefficient (Wildman–Crippen LogP) is 6.64. The van der Waals surface area contributed by atoms with Crippen LogP contribution in [0.4, 0.5) is 24.0 Å². The van der Waals surface area contributed by atoms with Gasteiger partial charge in [0.15, 0.2) is 5.13 Å². The van der Waals surface area contributed by atoms with Crippen molar-refractivity contribution in [3.8, 4) is 17.0 Å². The van der Waals surface area contributed by atoms with Crippen molar-refractivity contribution in [3.63, 3.8) is 0 Å². The average Bonchev–Trinajstić information content (AvgIpc) is 3.14. The van der Waals surface area contributed by atoms with Crippen molar-refractivity contribution in [1.82, 2.24) is 9.97 Å². The predicted molar refractivity (Wildman–Crippen MR) is 112 cm³/mol. The topological polar surface area (TPSA) is 47.0 Å². The number of nitrogens with zero attached hydrogens (tertiary/aromatic N) is 2. The van der Waals surface area contributed by atoms with Gasteiger partial charge in [0.05, 0.1) is 17.9 Å². The van der Waals surface area contributed by atoms with Crippen LogP contribution in [0.1, 0.15) is 42.2 Å². The van der Waals surface area contributed by atoms with Crippen LogP contribution in [-0.4, -0.2) is 16.6 Å². The Morgan fingerprint density at radius 1 is 1.17 bits per heavy atom. The lowest BCUT2D eigenvalue weighted by molar-refractivity contribution is -0.138. The SMILES string of the molecule is CCCCCOc1ccc(Nc2nc3c(s2)CCc2cnccc2-3)cc1C(F)(F)F. The highest BCUT2D eigenvalue weighted by Crippen LogP contribution is 2.41.